The lowest BCUT2D eigenvalue weighted by Crippen LogP contribution is -2.41. The SMILES string of the molecule is CC(C)n1c(N)nnc1SCC(=O)N1CCOCC1. The Morgan fingerprint density at radius 2 is 2.11 bits per heavy atom. The number of hydrogen-bond donors (Lipinski definition) is 1. The third kappa shape index (κ3) is 3.38. The molecule has 2 heterocycles. The van der Waals surface area contributed by atoms with E-state index in [-0.39, 0.29) is 11.9 Å². The van der Waals surface area contributed by atoms with E-state index in [4.69, 9.17) is 10.5 Å². The molecule has 1 aromatic rings. The largest absolute Gasteiger partial charge is 0.378 e. The average Bonchev–Trinajstić information content (AvgIpc) is 2.78. The molecule has 0 aromatic carbocycles. The van der Waals surface area contributed by atoms with Gasteiger partial charge < -0.3 is 15.4 Å². The smallest absolute Gasteiger partial charge is 0.233 e. The Morgan fingerprint density at radius 1 is 1.42 bits per heavy atom. The second-order valence-electron chi connectivity index (χ2n) is 4.59. The lowest BCUT2D eigenvalue weighted by Gasteiger charge is -2.26. The summed E-state index contributed by atoms with van der Waals surface area (Å²) in [6.07, 6.45) is 0. The lowest BCUT2D eigenvalue weighted by molar-refractivity contribution is -0.132. The van der Waals surface area contributed by atoms with Crippen LogP contribution in [0.1, 0.15) is 19.9 Å². The van der Waals surface area contributed by atoms with Crippen LogP contribution in [0.15, 0.2) is 5.16 Å². The number of nitrogen functional groups attached to an aromatic ring is 1. The number of thioether (sulfide) groups is 1. The summed E-state index contributed by atoms with van der Waals surface area (Å²) in [6, 6.07) is 0.177. The molecule has 2 rings (SSSR count). The topological polar surface area (TPSA) is 86.3 Å². The summed E-state index contributed by atoms with van der Waals surface area (Å²) >= 11 is 1.38. The van der Waals surface area contributed by atoms with Gasteiger partial charge in [-0.05, 0) is 13.8 Å². The van der Waals surface area contributed by atoms with Crippen molar-refractivity contribution < 1.29 is 9.53 Å². The predicted octanol–water partition coefficient (Wildman–Crippen LogP) is 0.392. The molecule has 0 unspecified atom stereocenters. The molecule has 0 spiro atoms. The number of nitrogens with two attached hydrogens (primary N) is 1. The number of anilines is 1. The van der Waals surface area contributed by atoms with Gasteiger partial charge in [0, 0.05) is 19.1 Å². The van der Waals surface area contributed by atoms with E-state index < -0.39 is 0 Å². The average molecular weight is 285 g/mol. The minimum Gasteiger partial charge on any atom is -0.378 e. The number of carbonyl (C=O) groups excluding carboxylic acids is 1. The summed E-state index contributed by atoms with van der Waals surface area (Å²) in [6.45, 7) is 6.58. The van der Waals surface area contributed by atoms with Crippen molar-refractivity contribution in [1.29, 1.82) is 0 Å². The first-order valence-corrected chi connectivity index (χ1v) is 7.27. The predicted molar refractivity (Wildman–Crippen MR) is 72.9 cm³/mol. The third-order valence-corrected chi connectivity index (χ3v) is 3.82. The number of hydrogen-bond acceptors (Lipinski definition) is 6. The van der Waals surface area contributed by atoms with Crippen LogP contribution in [0.3, 0.4) is 0 Å². The highest BCUT2D eigenvalue weighted by molar-refractivity contribution is 7.99. The van der Waals surface area contributed by atoms with Gasteiger partial charge in [0.2, 0.25) is 11.9 Å². The highest BCUT2D eigenvalue weighted by atomic mass is 32.2. The van der Waals surface area contributed by atoms with Crippen molar-refractivity contribution in [3.63, 3.8) is 0 Å². The summed E-state index contributed by atoms with van der Waals surface area (Å²) in [5.41, 5.74) is 5.76. The molecule has 2 N–H and O–H groups in total. The molecule has 0 bridgehead atoms. The molecule has 1 aromatic heterocycles. The zero-order valence-electron chi connectivity index (χ0n) is 11.2. The molecule has 8 heteroatoms. The molecule has 106 valence electrons. The Kier molecular flexibility index (Phi) is 4.65. The highest BCUT2D eigenvalue weighted by Crippen LogP contribution is 2.22. The summed E-state index contributed by atoms with van der Waals surface area (Å²) in [7, 11) is 0. The number of rotatable bonds is 4. The van der Waals surface area contributed by atoms with Gasteiger partial charge >= 0.3 is 0 Å². The van der Waals surface area contributed by atoms with Gasteiger partial charge in [-0.15, -0.1) is 10.2 Å². The van der Waals surface area contributed by atoms with E-state index in [1.54, 1.807) is 0 Å². The van der Waals surface area contributed by atoms with E-state index >= 15 is 0 Å². The van der Waals surface area contributed by atoms with E-state index in [1.807, 2.05) is 23.3 Å². The van der Waals surface area contributed by atoms with Gasteiger partial charge in [0.05, 0.1) is 19.0 Å². The van der Waals surface area contributed by atoms with Gasteiger partial charge in [0.15, 0.2) is 5.16 Å². The maximum Gasteiger partial charge on any atom is 0.233 e. The molecule has 7 nitrogen and oxygen atoms in total. The number of aromatic nitrogens is 3. The van der Waals surface area contributed by atoms with Crippen LogP contribution in [0.4, 0.5) is 5.95 Å². The maximum atomic E-state index is 12.0. The number of ether oxygens (including phenoxy) is 1. The quantitative estimate of drug-likeness (QED) is 0.806. The van der Waals surface area contributed by atoms with Crippen molar-refractivity contribution in [3.05, 3.63) is 0 Å². The second kappa shape index (κ2) is 6.25. The van der Waals surface area contributed by atoms with Gasteiger partial charge in [-0.3, -0.25) is 9.36 Å². The van der Waals surface area contributed by atoms with Gasteiger partial charge in [-0.25, -0.2) is 0 Å². The Labute approximate surface area is 116 Å². The first-order valence-electron chi connectivity index (χ1n) is 6.28. The van der Waals surface area contributed by atoms with E-state index in [0.717, 1.165) is 0 Å². The Balaban J connectivity index is 1.93. The van der Waals surface area contributed by atoms with Crippen LogP contribution in [-0.2, 0) is 9.53 Å². The molecule has 1 fully saturated rings. The molecule has 19 heavy (non-hydrogen) atoms. The summed E-state index contributed by atoms with van der Waals surface area (Å²) in [5.74, 6) is 0.840. The maximum absolute atomic E-state index is 12.0. The molecule has 1 amide bonds. The first kappa shape index (κ1) is 14.1. The van der Waals surface area contributed by atoms with Gasteiger partial charge in [0.1, 0.15) is 0 Å². The molecular formula is C11H19N5O2S. The number of nitrogens with zero attached hydrogens (tertiary/aromatic N) is 4. The fourth-order valence-electron chi connectivity index (χ4n) is 1.90. The normalized spacial score (nSPS) is 16.1. The van der Waals surface area contributed by atoms with Gasteiger partial charge in [-0.2, -0.15) is 0 Å². The van der Waals surface area contributed by atoms with Gasteiger partial charge in [0.25, 0.3) is 0 Å². The summed E-state index contributed by atoms with van der Waals surface area (Å²) in [4.78, 5) is 13.8. The fourth-order valence-corrected chi connectivity index (χ4v) is 2.88. The summed E-state index contributed by atoms with van der Waals surface area (Å²) < 4.78 is 7.05. The van der Waals surface area contributed by atoms with E-state index in [1.165, 1.54) is 11.8 Å². The van der Waals surface area contributed by atoms with E-state index in [2.05, 4.69) is 10.2 Å². The van der Waals surface area contributed by atoms with Crippen LogP contribution in [0.5, 0.6) is 0 Å². The third-order valence-electron chi connectivity index (χ3n) is 2.90. The molecule has 0 saturated carbocycles. The van der Waals surface area contributed by atoms with Crippen LogP contribution < -0.4 is 5.73 Å². The van der Waals surface area contributed by atoms with Crippen molar-refractivity contribution in [1.82, 2.24) is 19.7 Å². The number of morpholine rings is 1. The molecule has 1 aliphatic heterocycles. The number of carbonyl (C=O) groups is 1. The van der Waals surface area contributed by atoms with Crippen LogP contribution in [-0.4, -0.2) is 57.6 Å². The number of amides is 1. The van der Waals surface area contributed by atoms with E-state index in [0.29, 0.717) is 43.2 Å². The molecule has 1 aliphatic rings. The lowest BCUT2D eigenvalue weighted by atomic mass is 10.4. The Bertz CT molecular complexity index is 442. The van der Waals surface area contributed by atoms with Crippen LogP contribution >= 0.6 is 11.8 Å². The zero-order valence-corrected chi connectivity index (χ0v) is 12.0. The minimum atomic E-state index is 0.102. The van der Waals surface area contributed by atoms with Crippen LogP contribution in [0, 0.1) is 0 Å². The highest BCUT2D eigenvalue weighted by Gasteiger charge is 2.19. The molecule has 0 atom stereocenters. The second-order valence-corrected chi connectivity index (χ2v) is 5.53. The van der Waals surface area contributed by atoms with Crippen molar-refractivity contribution in [2.24, 2.45) is 0 Å². The fraction of sp³-hybridized carbons (Fsp3) is 0.727. The molecular weight excluding hydrogens is 266 g/mol. The van der Waals surface area contributed by atoms with Crippen molar-refractivity contribution >= 4 is 23.6 Å². The van der Waals surface area contributed by atoms with Crippen LogP contribution in [0.25, 0.3) is 0 Å². The molecule has 1 saturated heterocycles. The Hall–Kier alpha value is -1.28. The first-order chi connectivity index (χ1) is 9.09. The minimum absolute atomic E-state index is 0.102. The standard InChI is InChI=1S/C11H19N5O2S/c1-8(2)16-10(12)13-14-11(16)19-7-9(17)15-3-5-18-6-4-15/h8H,3-7H2,1-2H3,(H2,12,13). The molecule has 0 radical (unpaired) electrons. The monoisotopic (exact) mass is 285 g/mol. The molecule has 0 aliphatic carbocycles. The Morgan fingerprint density at radius 3 is 2.74 bits per heavy atom. The summed E-state index contributed by atoms with van der Waals surface area (Å²) in [5, 5.41) is 8.55. The van der Waals surface area contributed by atoms with Crippen molar-refractivity contribution in [2.75, 3.05) is 37.8 Å². The van der Waals surface area contributed by atoms with E-state index in [9.17, 15) is 4.79 Å². The van der Waals surface area contributed by atoms with Crippen LogP contribution in [0.2, 0.25) is 0 Å². The van der Waals surface area contributed by atoms with Crippen molar-refractivity contribution in [3.8, 4) is 0 Å². The zero-order chi connectivity index (χ0) is 13.8. The van der Waals surface area contributed by atoms with Crippen molar-refractivity contribution in [2.45, 2.75) is 25.0 Å². The van der Waals surface area contributed by atoms with Gasteiger partial charge in [-0.1, -0.05) is 11.8 Å².